The first-order valence-corrected chi connectivity index (χ1v) is 9.88. The van der Waals surface area contributed by atoms with Gasteiger partial charge in [-0.3, -0.25) is 4.79 Å². The van der Waals surface area contributed by atoms with Gasteiger partial charge in [-0.25, -0.2) is 13.4 Å². The van der Waals surface area contributed by atoms with Gasteiger partial charge in [0.1, 0.15) is 10.3 Å². The van der Waals surface area contributed by atoms with Crippen molar-refractivity contribution in [2.75, 3.05) is 29.5 Å². The molecule has 1 aromatic heterocycles. The van der Waals surface area contributed by atoms with Crippen LogP contribution in [0.5, 0.6) is 0 Å². The molecule has 1 aliphatic heterocycles. The van der Waals surface area contributed by atoms with E-state index < -0.39 is 15.2 Å². The molecule has 1 aliphatic rings. The third-order valence-corrected chi connectivity index (χ3v) is 7.43. The van der Waals surface area contributed by atoms with Crippen molar-refractivity contribution >= 4 is 44.0 Å². The molecule has 20 heavy (non-hydrogen) atoms. The van der Waals surface area contributed by atoms with E-state index in [-0.39, 0.29) is 11.7 Å². The molecule has 1 aromatic rings. The molecule has 1 atom stereocenters. The Labute approximate surface area is 126 Å². The van der Waals surface area contributed by atoms with E-state index in [4.69, 9.17) is 5.73 Å². The molecule has 0 bridgehead atoms. The lowest BCUT2D eigenvalue weighted by molar-refractivity contribution is 0.0753. The van der Waals surface area contributed by atoms with Crippen molar-refractivity contribution in [2.45, 2.75) is 19.2 Å². The fraction of sp³-hybridized carbons (Fsp3) is 0.636. The van der Waals surface area contributed by atoms with E-state index in [1.165, 1.54) is 4.90 Å². The molecule has 0 aliphatic carbocycles. The topological polar surface area (TPSA) is 93.4 Å². The number of anilines is 1. The number of nitrogen functional groups attached to an aromatic ring is 1. The van der Waals surface area contributed by atoms with E-state index in [0.29, 0.717) is 28.0 Å². The molecule has 0 aromatic carbocycles. The van der Waals surface area contributed by atoms with E-state index in [1.807, 2.05) is 0 Å². The number of hydrogen-bond acceptors (Lipinski definition) is 7. The zero-order valence-electron chi connectivity index (χ0n) is 11.3. The van der Waals surface area contributed by atoms with Crippen molar-refractivity contribution in [3.05, 3.63) is 10.6 Å². The number of nitrogens with zero attached hydrogens (tertiary/aromatic N) is 2. The maximum absolute atomic E-state index is 12.6. The Balaban J connectivity index is 2.33. The first kappa shape index (κ1) is 15.6. The van der Waals surface area contributed by atoms with Crippen LogP contribution < -0.4 is 5.73 Å². The first-order chi connectivity index (χ1) is 9.36. The van der Waals surface area contributed by atoms with E-state index in [0.717, 1.165) is 17.1 Å². The maximum atomic E-state index is 12.6. The summed E-state index contributed by atoms with van der Waals surface area (Å²) in [7, 11) is -3.29. The van der Waals surface area contributed by atoms with Gasteiger partial charge in [-0.05, 0) is 6.92 Å². The van der Waals surface area contributed by atoms with Crippen LogP contribution in [-0.2, 0) is 9.84 Å². The molecule has 2 N–H and O–H groups in total. The number of aryl methyl sites for hydroxylation is 1. The van der Waals surface area contributed by atoms with Crippen LogP contribution in [0.4, 0.5) is 5.13 Å². The lowest BCUT2D eigenvalue weighted by Crippen LogP contribution is -2.50. The summed E-state index contributed by atoms with van der Waals surface area (Å²) in [5, 5.41) is -0.423. The molecule has 0 saturated carbocycles. The van der Waals surface area contributed by atoms with Crippen LogP contribution in [0.3, 0.4) is 0 Å². The van der Waals surface area contributed by atoms with Gasteiger partial charge in [-0.2, -0.15) is 11.8 Å². The molecular formula is C11H17N3O3S3. The minimum absolute atomic E-state index is 0.0335. The zero-order chi connectivity index (χ0) is 14.9. The minimum atomic E-state index is -3.29. The van der Waals surface area contributed by atoms with Crippen LogP contribution in [-0.4, -0.2) is 53.4 Å². The Morgan fingerprint density at radius 1 is 1.55 bits per heavy atom. The number of thiazole rings is 1. The van der Waals surface area contributed by atoms with Crippen LogP contribution in [0, 0.1) is 6.92 Å². The highest BCUT2D eigenvalue weighted by Crippen LogP contribution is 2.27. The van der Waals surface area contributed by atoms with Gasteiger partial charge in [0.05, 0.1) is 5.69 Å². The molecule has 1 fully saturated rings. The van der Waals surface area contributed by atoms with Crippen LogP contribution in [0.15, 0.2) is 0 Å². The molecule has 1 amide bonds. The maximum Gasteiger partial charge on any atom is 0.267 e. The van der Waals surface area contributed by atoms with Gasteiger partial charge in [0.25, 0.3) is 5.91 Å². The van der Waals surface area contributed by atoms with Gasteiger partial charge in [-0.15, -0.1) is 0 Å². The molecule has 0 radical (unpaired) electrons. The Hall–Kier alpha value is -0.800. The van der Waals surface area contributed by atoms with Crippen LogP contribution >= 0.6 is 23.1 Å². The smallest absolute Gasteiger partial charge is 0.267 e. The average Bonchev–Trinajstić information content (AvgIpc) is 2.77. The molecule has 2 rings (SSSR count). The number of carbonyl (C=O) groups excluding carboxylic acids is 1. The van der Waals surface area contributed by atoms with Crippen molar-refractivity contribution in [2.24, 2.45) is 0 Å². The Kier molecular flexibility index (Phi) is 4.60. The number of aromatic nitrogens is 1. The van der Waals surface area contributed by atoms with Crippen molar-refractivity contribution in [1.82, 2.24) is 9.88 Å². The minimum Gasteiger partial charge on any atom is -0.375 e. The van der Waals surface area contributed by atoms with E-state index >= 15 is 0 Å². The monoisotopic (exact) mass is 335 g/mol. The molecule has 1 unspecified atom stereocenters. The second-order valence-corrected chi connectivity index (χ2v) is 9.07. The predicted molar refractivity (Wildman–Crippen MR) is 82.9 cm³/mol. The normalized spacial score (nSPS) is 20.1. The van der Waals surface area contributed by atoms with Gasteiger partial charge in [0, 0.05) is 23.8 Å². The largest absolute Gasteiger partial charge is 0.375 e. The summed E-state index contributed by atoms with van der Waals surface area (Å²) in [6.07, 6.45) is 0. The number of rotatable bonds is 3. The molecular weight excluding hydrogens is 318 g/mol. The molecule has 0 spiro atoms. The summed E-state index contributed by atoms with van der Waals surface area (Å²) < 4.78 is 24.3. The number of sulfone groups is 1. The number of carbonyl (C=O) groups is 1. The highest BCUT2D eigenvalue weighted by Gasteiger charge is 2.37. The molecule has 1 saturated heterocycles. The summed E-state index contributed by atoms with van der Waals surface area (Å²) in [6, 6.07) is 0. The van der Waals surface area contributed by atoms with Crippen LogP contribution in [0.25, 0.3) is 0 Å². The highest BCUT2D eigenvalue weighted by atomic mass is 32.2. The SMILES string of the molecule is CCS(=O)(=O)C1CSCCN1C(=O)c1sc(N)nc1C. The lowest BCUT2D eigenvalue weighted by atomic mass is 10.3. The second kappa shape index (κ2) is 5.90. The van der Waals surface area contributed by atoms with Gasteiger partial charge in [-0.1, -0.05) is 18.3 Å². The van der Waals surface area contributed by atoms with Gasteiger partial charge < -0.3 is 10.6 Å². The number of thioether (sulfide) groups is 1. The third kappa shape index (κ3) is 2.94. The highest BCUT2D eigenvalue weighted by molar-refractivity contribution is 8.01. The summed E-state index contributed by atoms with van der Waals surface area (Å²) in [4.78, 5) is 18.5. The molecule has 2 heterocycles. The van der Waals surface area contributed by atoms with Gasteiger partial charge in [0.15, 0.2) is 15.0 Å². The summed E-state index contributed by atoms with van der Waals surface area (Å²) in [6.45, 7) is 3.75. The third-order valence-electron chi connectivity index (χ3n) is 3.17. The van der Waals surface area contributed by atoms with Crippen molar-refractivity contribution in [3.63, 3.8) is 0 Å². The second-order valence-electron chi connectivity index (χ2n) is 4.45. The van der Waals surface area contributed by atoms with Crippen molar-refractivity contribution in [1.29, 1.82) is 0 Å². The Bertz CT molecular complexity index is 612. The summed E-state index contributed by atoms with van der Waals surface area (Å²) >= 11 is 2.67. The quantitative estimate of drug-likeness (QED) is 0.885. The average molecular weight is 335 g/mol. The van der Waals surface area contributed by atoms with Crippen molar-refractivity contribution < 1.29 is 13.2 Å². The summed E-state index contributed by atoms with van der Waals surface area (Å²) in [5.41, 5.74) is 6.17. The van der Waals surface area contributed by atoms with Gasteiger partial charge in [0.2, 0.25) is 0 Å². The lowest BCUT2D eigenvalue weighted by Gasteiger charge is -2.34. The molecule has 9 heteroatoms. The van der Waals surface area contributed by atoms with E-state index in [1.54, 1.807) is 25.6 Å². The van der Waals surface area contributed by atoms with Gasteiger partial charge >= 0.3 is 0 Å². The molecule has 6 nitrogen and oxygen atoms in total. The van der Waals surface area contributed by atoms with Crippen LogP contribution in [0.2, 0.25) is 0 Å². The van der Waals surface area contributed by atoms with E-state index in [2.05, 4.69) is 4.98 Å². The first-order valence-electron chi connectivity index (χ1n) is 6.20. The number of nitrogens with two attached hydrogens (primary N) is 1. The number of hydrogen-bond donors (Lipinski definition) is 1. The Morgan fingerprint density at radius 2 is 2.25 bits per heavy atom. The van der Waals surface area contributed by atoms with Crippen LogP contribution in [0.1, 0.15) is 22.3 Å². The Morgan fingerprint density at radius 3 is 2.80 bits per heavy atom. The fourth-order valence-electron chi connectivity index (χ4n) is 2.05. The predicted octanol–water partition coefficient (Wildman–Crippen LogP) is 0.984. The summed E-state index contributed by atoms with van der Waals surface area (Å²) in [5.74, 6) is 0.926. The standard InChI is InChI=1S/C11H17N3O3S3/c1-3-20(16,17)8-6-18-5-4-14(8)10(15)9-7(2)13-11(12)19-9/h8H,3-6H2,1-2H3,(H2,12,13). The fourth-order valence-corrected chi connectivity index (χ4v) is 5.80. The number of amides is 1. The van der Waals surface area contributed by atoms with E-state index in [9.17, 15) is 13.2 Å². The van der Waals surface area contributed by atoms with Crippen molar-refractivity contribution in [3.8, 4) is 0 Å². The zero-order valence-corrected chi connectivity index (χ0v) is 13.8. The molecule has 112 valence electrons.